The Kier molecular flexibility index (Phi) is 8.68. The number of carbonyl (C=O) groups is 1. The van der Waals surface area contributed by atoms with E-state index in [0.29, 0.717) is 38.8 Å². The van der Waals surface area contributed by atoms with E-state index in [1.165, 1.54) is 22.7 Å². The van der Waals surface area contributed by atoms with Crippen LogP contribution >= 0.6 is 34.3 Å². The first kappa shape index (κ1) is 30.9. The van der Waals surface area contributed by atoms with Crippen molar-refractivity contribution >= 4 is 62.9 Å². The van der Waals surface area contributed by atoms with E-state index in [4.69, 9.17) is 26.1 Å². The first-order chi connectivity index (χ1) is 22.9. The summed E-state index contributed by atoms with van der Waals surface area (Å²) in [5, 5.41) is 3.68. The number of nitrogens with zero attached hydrogens (tertiary/aromatic N) is 3. The summed E-state index contributed by atoms with van der Waals surface area (Å²) < 4.78 is 15.9. The molecule has 4 heterocycles. The fourth-order valence-electron chi connectivity index (χ4n) is 5.84. The van der Waals surface area contributed by atoms with Gasteiger partial charge in [-0.2, -0.15) is 0 Å². The Bertz CT molecular complexity index is 2320. The van der Waals surface area contributed by atoms with Gasteiger partial charge in [-0.25, -0.2) is 9.79 Å². The summed E-state index contributed by atoms with van der Waals surface area (Å²) in [7, 11) is 0. The summed E-state index contributed by atoms with van der Waals surface area (Å²) in [5.41, 5.74) is 4.36. The molecule has 7 nitrogen and oxygen atoms in total. The first-order valence-electron chi connectivity index (χ1n) is 15.2. The lowest BCUT2D eigenvalue weighted by Gasteiger charge is -2.24. The summed E-state index contributed by atoms with van der Waals surface area (Å²) in [5.74, 6) is 0.281. The predicted octanol–water partition coefficient (Wildman–Crippen LogP) is 6.99. The second-order valence-electron chi connectivity index (χ2n) is 11.0. The van der Waals surface area contributed by atoms with Crippen LogP contribution in [0.5, 0.6) is 5.75 Å². The highest BCUT2D eigenvalue weighted by Crippen LogP contribution is 2.37. The Labute approximate surface area is 283 Å². The van der Waals surface area contributed by atoms with Crippen LogP contribution in [0.15, 0.2) is 112 Å². The van der Waals surface area contributed by atoms with Crippen molar-refractivity contribution < 1.29 is 14.3 Å². The normalized spacial score (nSPS) is 14.7. The van der Waals surface area contributed by atoms with Crippen molar-refractivity contribution in [3.8, 4) is 5.75 Å². The molecule has 236 valence electrons. The summed E-state index contributed by atoms with van der Waals surface area (Å²) in [6, 6.07) is 26.5. The molecule has 0 saturated carbocycles. The van der Waals surface area contributed by atoms with Crippen LogP contribution < -0.4 is 19.6 Å². The lowest BCUT2D eigenvalue weighted by Crippen LogP contribution is -2.39. The molecule has 7 rings (SSSR count). The second kappa shape index (κ2) is 13.2. The second-order valence-corrected chi connectivity index (χ2v) is 13.4. The highest BCUT2D eigenvalue weighted by atomic mass is 35.5. The van der Waals surface area contributed by atoms with Crippen molar-refractivity contribution in [1.29, 1.82) is 0 Å². The summed E-state index contributed by atoms with van der Waals surface area (Å²) in [4.78, 5) is 34.2. The fourth-order valence-corrected chi connectivity index (χ4v) is 7.77. The minimum atomic E-state index is -0.669. The maximum absolute atomic E-state index is 14.3. The quantitative estimate of drug-likeness (QED) is 0.154. The number of aromatic nitrogens is 2. The SMILES string of the molecule is CCOC(=O)C1=C(c2ccccc2)N=c2sc(=Cc3cn(CCOc4ccc(Cl)c(C)c4)c4ccccc34)c(=O)n2[C@@H]1c1cccs1. The van der Waals surface area contributed by atoms with Gasteiger partial charge in [0.2, 0.25) is 0 Å². The van der Waals surface area contributed by atoms with Crippen LogP contribution in [0.1, 0.15) is 34.5 Å². The molecule has 0 radical (unpaired) electrons. The Morgan fingerprint density at radius 2 is 1.85 bits per heavy atom. The van der Waals surface area contributed by atoms with Gasteiger partial charge in [0.1, 0.15) is 18.4 Å². The number of esters is 1. The average molecular weight is 680 g/mol. The van der Waals surface area contributed by atoms with E-state index >= 15 is 0 Å². The number of ether oxygens (including phenoxy) is 2. The van der Waals surface area contributed by atoms with Gasteiger partial charge in [-0.1, -0.05) is 77.5 Å². The molecule has 0 N–H and O–H groups in total. The van der Waals surface area contributed by atoms with Gasteiger partial charge < -0.3 is 14.0 Å². The molecular weight excluding hydrogens is 650 g/mol. The Balaban J connectivity index is 1.33. The largest absolute Gasteiger partial charge is 0.492 e. The molecule has 0 spiro atoms. The third-order valence-electron chi connectivity index (χ3n) is 8.02. The molecule has 0 amide bonds. The zero-order valence-electron chi connectivity index (χ0n) is 25.7. The standard InChI is InChI=1S/C37H30ClN3O4S2/c1-3-44-36(43)32-33(24-10-5-4-6-11-24)39-37-41(34(32)30-14-9-19-46-30)35(42)31(47-37)21-25-22-40(29-13-8-7-12-27(25)29)17-18-45-26-15-16-28(38)23(2)20-26/h4-16,19-22,34H,3,17-18H2,1-2H3/t34-/m1/s1. The smallest absolute Gasteiger partial charge is 0.338 e. The number of hydrogen-bond donors (Lipinski definition) is 0. The number of thiophene rings is 1. The van der Waals surface area contributed by atoms with Gasteiger partial charge in [0.05, 0.1) is 29.0 Å². The van der Waals surface area contributed by atoms with Crippen LogP contribution in [0.25, 0.3) is 22.7 Å². The molecule has 1 aliphatic rings. The molecule has 1 atom stereocenters. The third-order valence-corrected chi connectivity index (χ3v) is 10.4. The van der Waals surface area contributed by atoms with E-state index in [1.54, 1.807) is 11.5 Å². The van der Waals surface area contributed by atoms with Crippen molar-refractivity contribution in [1.82, 2.24) is 9.13 Å². The molecule has 0 aliphatic carbocycles. The van der Waals surface area contributed by atoms with E-state index < -0.39 is 12.0 Å². The summed E-state index contributed by atoms with van der Waals surface area (Å²) >= 11 is 8.99. The Morgan fingerprint density at radius 1 is 1.04 bits per heavy atom. The molecule has 47 heavy (non-hydrogen) atoms. The van der Waals surface area contributed by atoms with E-state index in [2.05, 4.69) is 22.9 Å². The van der Waals surface area contributed by atoms with E-state index in [-0.39, 0.29) is 12.2 Å². The van der Waals surface area contributed by atoms with Crippen LogP contribution in [0, 0.1) is 6.92 Å². The topological polar surface area (TPSA) is 74.8 Å². The molecule has 10 heteroatoms. The predicted molar refractivity (Wildman–Crippen MR) is 189 cm³/mol. The third kappa shape index (κ3) is 5.98. The lowest BCUT2D eigenvalue weighted by atomic mass is 9.97. The maximum Gasteiger partial charge on any atom is 0.338 e. The van der Waals surface area contributed by atoms with Crippen LogP contribution in [-0.2, 0) is 16.1 Å². The molecule has 0 unspecified atom stereocenters. The minimum absolute atomic E-state index is 0.209. The van der Waals surface area contributed by atoms with Crippen LogP contribution in [0.2, 0.25) is 5.02 Å². The van der Waals surface area contributed by atoms with E-state index in [0.717, 1.165) is 38.2 Å². The van der Waals surface area contributed by atoms with Gasteiger partial charge in [0, 0.05) is 38.1 Å². The Hall–Kier alpha value is -4.70. The number of rotatable bonds is 9. The van der Waals surface area contributed by atoms with Crippen molar-refractivity contribution in [3.05, 3.63) is 148 Å². The van der Waals surface area contributed by atoms with Crippen molar-refractivity contribution in [2.24, 2.45) is 4.99 Å². The van der Waals surface area contributed by atoms with Crippen molar-refractivity contribution in [3.63, 3.8) is 0 Å². The van der Waals surface area contributed by atoms with Gasteiger partial charge in [-0.15, -0.1) is 11.3 Å². The van der Waals surface area contributed by atoms with Crippen molar-refractivity contribution in [2.45, 2.75) is 26.4 Å². The van der Waals surface area contributed by atoms with E-state index in [1.807, 2.05) is 91.2 Å². The average Bonchev–Trinajstić information content (AvgIpc) is 3.82. The number of benzene rings is 3. The van der Waals surface area contributed by atoms with Crippen LogP contribution in [0.4, 0.5) is 0 Å². The van der Waals surface area contributed by atoms with Gasteiger partial charge in [-0.05, 0) is 61.2 Å². The number of carbonyl (C=O) groups excluding carboxylic acids is 1. The minimum Gasteiger partial charge on any atom is -0.492 e. The van der Waals surface area contributed by atoms with Gasteiger partial charge in [0.15, 0.2) is 4.80 Å². The van der Waals surface area contributed by atoms with Gasteiger partial charge in [0.25, 0.3) is 5.56 Å². The molecule has 0 bridgehead atoms. The van der Waals surface area contributed by atoms with Crippen molar-refractivity contribution in [2.75, 3.05) is 13.2 Å². The number of halogens is 1. The summed E-state index contributed by atoms with van der Waals surface area (Å²) in [6.45, 7) is 5.01. The van der Waals surface area contributed by atoms with E-state index in [9.17, 15) is 9.59 Å². The maximum atomic E-state index is 14.3. The molecular formula is C37H30ClN3O4S2. The zero-order chi connectivity index (χ0) is 32.5. The van der Waals surface area contributed by atoms with Gasteiger partial charge in [-0.3, -0.25) is 9.36 Å². The number of thiazole rings is 1. The van der Waals surface area contributed by atoms with Crippen LogP contribution in [-0.4, -0.2) is 28.3 Å². The molecule has 0 saturated heterocycles. The molecule has 3 aromatic heterocycles. The van der Waals surface area contributed by atoms with Crippen LogP contribution in [0.3, 0.4) is 0 Å². The molecule has 3 aromatic carbocycles. The zero-order valence-corrected chi connectivity index (χ0v) is 28.1. The lowest BCUT2D eigenvalue weighted by molar-refractivity contribution is -0.138. The number of fused-ring (bicyclic) bond motifs is 2. The first-order valence-corrected chi connectivity index (χ1v) is 17.3. The molecule has 0 fully saturated rings. The summed E-state index contributed by atoms with van der Waals surface area (Å²) in [6.07, 6.45) is 3.98. The Morgan fingerprint density at radius 3 is 2.62 bits per heavy atom. The molecule has 6 aromatic rings. The number of para-hydroxylation sites is 1. The molecule has 1 aliphatic heterocycles. The fraction of sp³-hybridized carbons (Fsp3) is 0.162. The highest BCUT2D eigenvalue weighted by molar-refractivity contribution is 7.10. The number of hydrogen-bond acceptors (Lipinski definition) is 7. The number of aryl methyl sites for hydroxylation is 1. The van der Waals surface area contributed by atoms with Gasteiger partial charge >= 0.3 is 5.97 Å². The monoisotopic (exact) mass is 679 g/mol. The highest BCUT2D eigenvalue weighted by Gasteiger charge is 2.35.